The summed E-state index contributed by atoms with van der Waals surface area (Å²) in [5, 5.41) is 29.5. The lowest BCUT2D eigenvalue weighted by atomic mass is 9.84. The van der Waals surface area contributed by atoms with Gasteiger partial charge in [0.05, 0.1) is 26.9 Å². The minimum Gasteiger partial charge on any atom is -0.504 e. The Bertz CT molecular complexity index is 760. The quantitative estimate of drug-likeness (QED) is 0.734. The highest BCUT2D eigenvalue weighted by atomic mass is 16.5. The first-order valence-corrected chi connectivity index (χ1v) is 8.52. The summed E-state index contributed by atoms with van der Waals surface area (Å²) in [4.78, 5) is 0. The molecule has 6 heteroatoms. The molecule has 0 spiro atoms. The van der Waals surface area contributed by atoms with Crippen molar-refractivity contribution in [3.05, 3.63) is 47.5 Å². The Labute approximate surface area is 152 Å². The number of benzene rings is 2. The fraction of sp³-hybridized carbons (Fsp3) is 0.400. The van der Waals surface area contributed by atoms with E-state index < -0.39 is 0 Å². The second kappa shape index (κ2) is 7.85. The van der Waals surface area contributed by atoms with Gasteiger partial charge in [0.2, 0.25) is 0 Å². The minimum atomic E-state index is -0.265. The Morgan fingerprint density at radius 2 is 1.65 bits per heavy atom. The van der Waals surface area contributed by atoms with E-state index in [2.05, 4.69) is 0 Å². The fourth-order valence-corrected chi connectivity index (χ4v) is 3.54. The van der Waals surface area contributed by atoms with Gasteiger partial charge in [-0.25, -0.2) is 0 Å². The van der Waals surface area contributed by atoms with Crippen LogP contribution < -0.4 is 9.47 Å². The number of aliphatic hydroxyl groups is 1. The van der Waals surface area contributed by atoms with Crippen LogP contribution in [0.25, 0.3) is 0 Å². The molecule has 1 unspecified atom stereocenters. The van der Waals surface area contributed by atoms with Crippen LogP contribution in [0.3, 0.4) is 0 Å². The van der Waals surface area contributed by atoms with E-state index in [1.54, 1.807) is 30.3 Å². The van der Waals surface area contributed by atoms with Gasteiger partial charge < -0.3 is 29.5 Å². The first-order valence-electron chi connectivity index (χ1n) is 8.52. The van der Waals surface area contributed by atoms with Gasteiger partial charge in [0, 0.05) is 12.5 Å². The molecule has 0 aromatic heterocycles. The van der Waals surface area contributed by atoms with E-state index in [0.717, 1.165) is 11.1 Å². The molecule has 0 radical (unpaired) electrons. The van der Waals surface area contributed by atoms with Crippen LogP contribution in [0.2, 0.25) is 0 Å². The molecular formula is C20H24O6. The average molecular weight is 360 g/mol. The van der Waals surface area contributed by atoms with Crippen molar-refractivity contribution >= 4 is 0 Å². The van der Waals surface area contributed by atoms with E-state index >= 15 is 0 Å². The fourth-order valence-electron chi connectivity index (χ4n) is 3.54. The molecule has 3 N–H and O–H groups in total. The third kappa shape index (κ3) is 3.57. The lowest BCUT2D eigenvalue weighted by Crippen LogP contribution is -2.21. The predicted octanol–water partition coefficient (Wildman–Crippen LogP) is 2.65. The summed E-state index contributed by atoms with van der Waals surface area (Å²) in [6.45, 7) is 0.510. The Balaban J connectivity index is 1.79. The minimum absolute atomic E-state index is 0.00621. The van der Waals surface area contributed by atoms with Gasteiger partial charge in [0.25, 0.3) is 0 Å². The van der Waals surface area contributed by atoms with Crippen molar-refractivity contribution in [2.45, 2.75) is 12.5 Å². The summed E-state index contributed by atoms with van der Waals surface area (Å²) in [6.07, 6.45) is 0.437. The molecule has 1 saturated heterocycles. The van der Waals surface area contributed by atoms with Crippen molar-refractivity contribution in [3.8, 4) is 23.0 Å². The van der Waals surface area contributed by atoms with Crippen molar-refractivity contribution in [3.63, 3.8) is 0 Å². The smallest absolute Gasteiger partial charge is 0.160 e. The average Bonchev–Trinajstić information content (AvgIpc) is 3.06. The zero-order chi connectivity index (χ0) is 18.7. The summed E-state index contributed by atoms with van der Waals surface area (Å²) in [7, 11) is 3.02. The van der Waals surface area contributed by atoms with Crippen LogP contribution in [-0.2, 0) is 11.2 Å². The maximum atomic E-state index is 9.95. The highest BCUT2D eigenvalue weighted by Gasteiger charge is 2.38. The van der Waals surface area contributed by atoms with E-state index in [-0.39, 0.29) is 36.0 Å². The number of aliphatic hydroxyl groups excluding tert-OH is 1. The van der Waals surface area contributed by atoms with Crippen LogP contribution in [0.5, 0.6) is 23.0 Å². The molecule has 0 aliphatic carbocycles. The SMILES string of the molecule is COc1cc(C[C@@H]2COC(c3ccc(O)c(OC)c3)[C@@H]2CO)ccc1O. The molecule has 2 aromatic carbocycles. The van der Waals surface area contributed by atoms with E-state index in [4.69, 9.17) is 14.2 Å². The molecule has 26 heavy (non-hydrogen) atoms. The zero-order valence-electron chi connectivity index (χ0n) is 14.9. The molecule has 3 rings (SSSR count). The Morgan fingerprint density at radius 1 is 1.00 bits per heavy atom. The highest BCUT2D eigenvalue weighted by molar-refractivity contribution is 5.43. The van der Waals surface area contributed by atoms with Crippen LogP contribution >= 0.6 is 0 Å². The number of phenols is 2. The third-order valence-electron chi connectivity index (χ3n) is 4.97. The number of rotatable bonds is 6. The molecule has 0 amide bonds. The maximum Gasteiger partial charge on any atom is 0.160 e. The number of ether oxygens (including phenoxy) is 3. The monoisotopic (exact) mass is 360 g/mol. The lowest BCUT2D eigenvalue weighted by Gasteiger charge is -2.22. The third-order valence-corrected chi connectivity index (χ3v) is 4.97. The Kier molecular flexibility index (Phi) is 5.54. The highest BCUT2D eigenvalue weighted by Crippen LogP contribution is 2.42. The van der Waals surface area contributed by atoms with Crippen LogP contribution in [0.4, 0.5) is 0 Å². The van der Waals surface area contributed by atoms with Gasteiger partial charge in [-0.1, -0.05) is 12.1 Å². The lowest BCUT2D eigenvalue weighted by molar-refractivity contribution is 0.0717. The van der Waals surface area contributed by atoms with Crippen molar-refractivity contribution in [1.82, 2.24) is 0 Å². The van der Waals surface area contributed by atoms with Crippen LogP contribution in [0.1, 0.15) is 17.2 Å². The van der Waals surface area contributed by atoms with Crippen LogP contribution in [0.15, 0.2) is 36.4 Å². The molecule has 1 aliphatic rings. The normalized spacial score (nSPS) is 22.3. The number of aromatic hydroxyl groups is 2. The molecule has 0 saturated carbocycles. The Hall–Kier alpha value is -2.44. The zero-order valence-corrected chi connectivity index (χ0v) is 14.9. The predicted molar refractivity (Wildman–Crippen MR) is 95.8 cm³/mol. The number of methoxy groups -OCH3 is 2. The molecule has 3 atom stereocenters. The van der Waals surface area contributed by atoms with Crippen LogP contribution in [-0.4, -0.2) is 42.8 Å². The largest absolute Gasteiger partial charge is 0.504 e. The number of phenolic OH excluding ortho intramolecular Hbond substituents is 2. The Morgan fingerprint density at radius 3 is 2.31 bits per heavy atom. The summed E-state index contributed by atoms with van der Waals surface area (Å²) in [6, 6.07) is 10.4. The van der Waals surface area contributed by atoms with Crippen LogP contribution in [0, 0.1) is 11.8 Å². The van der Waals surface area contributed by atoms with Gasteiger partial charge >= 0.3 is 0 Å². The van der Waals surface area contributed by atoms with Gasteiger partial charge in [-0.2, -0.15) is 0 Å². The van der Waals surface area contributed by atoms with Gasteiger partial charge in [-0.05, 0) is 47.7 Å². The molecule has 1 aliphatic heterocycles. The second-order valence-electron chi connectivity index (χ2n) is 6.50. The number of hydrogen-bond donors (Lipinski definition) is 3. The van der Waals surface area contributed by atoms with Crippen molar-refractivity contribution in [1.29, 1.82) is 0 Å². The van der Waals surface area contributed by atoms with Gasteiger partial charge in [0.1, 0.15) is 0 Å². The molecule has 6 nitrogen and oxygen atoms in total. The van der Waals surface area contributed by atoms with E-state index in [9.17, 15) is 15.3 Å². The molecule has 2 aromatic rings. The van der Waals surface area contributed by atoms with Crippen molar-refractivity contribution < 1.29 is 29.5 Å². The molecular weight excluding hydrogens is 336 g/mol. The standard InChI is InChI=1S/C20H24O6/c1-24-18-8-12(3-5-16(18)22)7-14-11-26-20(15(14)10-21)13-4-6-17(23)19(9-13)25-2/h3-6,8-9,14-15,20-23H,7,10-11H2,1-2H3/t14-,15-,20?/m1/s1. The van der Waals surface area contributed by atoms with Gasteiger partial charge in [-0.15, -0.1) is 0 Å². The maximum absolute atomic E-state index is 9.95. The molecule has 0 bridgehead atoms. The molecule has 140 valence electrons. The van der Waals surface area contributed by atoms with E-state index in [1.807, 2.05) is 6.07 Å². The van der Waals surface area contributed by atoms with E-state index in [0.29, 0.717) is 24.5 Å². The molecule has 1 heterocycles. The summed E-state index contributed by atoms with van der Waals surface area (Å²) >= 11 is 0. The topological polar surface area (TPSA) is 88.4 Å². The van der Waals surface area contributed by atoms with E-state index in [1.165, 1.54) is 14.2 Å². The van der Waals surface area contributed by atoms with Gasteiger partial charge in [0.15, 0.2) is 23.0 Å². The first-order chi connectivity index (χ1) is 12.6. The summed E-state index contributed by atoms with van der Waals surface area (Å²) in [5.41, 5.74) is 1.88. The second-order valence-corrected chi connectivity index (χ2v) is 6.50. The van der Waals surface area contributed by atoms with Crippen molar-refractivity contribution in [2.75, 3.05) is 27.4 Å². The summed E-state index contributed by atoms with van der Waals surface area (Å²) < 4.78 is 16.3. The first kappa shape index (κ1) is 18.4. The summed E-state index contributed by atoms with van der Waals surface area (Å²) in [5.74, 6) is 1.04. The molecule has 1 fully saturated rings. The number of hydrogen-bond acceptors (Lipinski definition) is 6. The van der Waals surface area contributed by atoms with Gasteiger partial charge in [-0.3, -0.25) is 0 Å². The van der Waals surface area contributed by atoms with Crippen molar-refractivity contribution in [2.24, 2.45) is 11.8 Å².